The van der Waals surface area contributed by atoms with Crippen molar-refractivity contribution < 1.29 is 23.5 Å². The molecular formula is C15H15N3O5. The average Bonchev–Trinajstić information content (AvgIpc) is 3.08. The van der Waals surface area contributed by atoms with E-state index in [1.165, 1.54) is 26.7 Å². The second-order valence-corrected chi connectivity index (χ2v) is 4.23. The molecule has 1 aromatic carbocycles. The molecule has 8 heteroatoms. The third-order valence-electron chi connectivity index (χ3n) is 2.76. The standard InChI is InChI=1S/C15H15N3O5/c1-21-10-5-6-12(13(8-10)22-2)17-14(19)15(20)18-16-9-11-4-3-7-23-11/h3-9H,1-2H3,(H,17,19)(H,18,20)/b16-9-. The van der Waals surface area contributed by atoms with E-state index in [0.717, 1.165) is 0 Å². The summed E-state index contributed by atoms with van der Waals surface area (Å²) in [7, 11) is 2.95. The Bertz CT molecular complexity index is 710. The number of furan rings is 1. The molecule has 2 aromatic rings. The summed E-state index contributed by atoms with van der Waals surface area (Å²) in [6, 6.07) is 8.10. The number of hydrogen-bond acceptors (Lipinski definition) is 6. The Labute approximate surface area is 132 Å². The monoisotopic (exact) mass is 317 g/mol. The third-order valence-corrected chi connectivity index (χ3v) is 2.76. The molecule has 23 heavy (non-hydrogen) atoms. The zero-order valence-corrected chi connectivity index (χ0v) is 12.5. The van der Waals surface area contributed by atoms with Crippen LogP contribution in [-0.2, 0) is 9.59 Å². The quantitative estimate of drug-likeness (QED) is 0.493. The Kier molecular flexibility index (Phi) is 5.35. The predicted molar refractivity (Wildman–Crippen MR) is 82.6 cm³/mol. The molecule has 2 amide bonds. The van der Waals surface area contributed by atoms with Gasteiger partial charge in [0.05, 0.1) is 32.4 Å². The number of nitrogens with one attached hydrogen (secondary N) is 2. The van der Waals surface area contributed by atoms with E-state index in [-0.39, 0.29) is 0 Å². The highest BCUT2D eigenvalue weighted by molar-refractivity contribution is 6.39. The molecule has 2 rings (SSSR count). The van der Waals surface area contributed by atoms with Gasteiger partial charge >= 0.3 is 11.8 Å². The fourth-order valence-corrected chi connectivity index (χ4v) is 1.65. The van der Waals surface area contributed by atoms with Gasteiger partial charge in [-0.05, 0) is 24.3 Å². The van der Waals surface area contributed by atoms with E-state index in [1.54, 1.807) is 30.3 Å². The third kappa shape index (κ3) is 4.34. The van der Waals surface area contributed by atoms with Crippen LogP contribution in [0.15, 0.2) is 46.1 Å². The summed E-state index contributed by atoms with van der Waals surface area (Å²) < 4.78 is 15.2. The van der Waals surface area contributed by atoms with Gasteiger partial charge in [-0.1, -0.05) is 0 Å². The van der Waals surface area contributed by atoms with E-state index in [4.69, 9.17) is 13.9 Å². The first-order valence-corrected chi connectivity index (χ1v) is 6.54. The molecule has 8 nitrogen and oxygen atoms in total. The minimum atomic E-state index is -0.925. The molecule has 0 saturated heterocycles. The predicted octanol–water partition coefficient (Wildman–Crippen LogP) is 1.39. The van der Waals surface area contributed by atoms with Crippen molar-refractivity contribution >= 4 is 23.7 Å². The van der Waals surface area contributed by atoms with Crippen molar-refractivity contribution in [2.45, 2.75) is 0 Å². The van der Waals surface area contributed by atoms with Gasteiger partial charge in [0.25, 0.3) is 0 Å². The maximum atomic E-state index is 11.8. The SMILES string of the molecule is COc1ccc(NC(=O)C(=O)N/N=C\c2ccco2)c(OC)c1. The van der Waals surface area contributed by atoms with Gasteiger partial charge in [-0.25, -0.2) is 5.43 Å². The number of benzene rings is 1. The molecule has 0 spiro atoms. The van der Waals surface area contributed by atoms with Gasteiger partial charge in [-0.15, -0.1) is 0 Å². The smallest absolute Gasteiger partial charge is 0.329 e. The first-order valence-electron chi connectivity index (χ1n) is 6.54. The maximum Gasteiger partial charge on any atom is 0.329 e. The van der Waals surface area contributed by atoms with Crippen molar-refractivity contribution in [2.75, 3.05) is 19.5 Å². The topological polar surface area (TPSA) is 102 Å². The molecular weight excluding hydrogens is 302 g/mol. The van der Waals surface area contributed by atoms with Crippen LogP contribution < -0.4 is 20.2 Å². The molecule has 0 aliphatic carbocycles. The molecule has 0 aliphatic heterocycles. The second-order valence-electron chi connectivity index (χ2n) is 4.23. The summed E-state index contributed by atoms with van der Waals surface area (Å²) in [5.41, 5.74) is 2.43. The maximum absolute atomic E-state index is 11.8. The molecule has 0 bridgehead atoms. The largest absolute Gasteiger partial charge is 0.497 e. The Morgan fingerprint density at radius 2 is 2.00 bits per heavy atom. The van der Waals surface area contributed by atoms with E-state index in [0.29, 0.717) is 22.9 Å². The van der Waals surface area contributed by atoms with E-state index >= 15 is 0 Å². The van der Waals surface area contributed by atoms with Crippen LogP contribution in [0.3, 0.4) is 0 Å². The van der Waals surface area contributed by atoms with Crippen LogP contribution in [0.25, 0.3) is 0 Å². The number of nitrogens with zero attached hydrogens (tertiary/aromatic N) is 1. The summed E-state index contributed by atoms with van der Waals surface area (Å²) >= 11 is 0. The van der Waals surface area contributed by atoms with Gasteiger partial charge < -0.3 is 19.2 Å². The molecule has 1 heterocycles. The highest BCUT2D eigenvalue weighted by Gasteiger charge is 2.15. The Morgan fingerprint density at radius 1 is 1.17 bits per heavy atom. The zero-order valence-electron chi connectivity index (χ0n) is 12.5. The molecule has 0 atom stereocenters. The summed E-state index contributed by atoms with van der Waals surface area (Å²) in [5, 5.41) is 6.04. The molecule has 0 unspecified atom stereocenters. The van der Waals surface area contributed by atoms with Gasteiger partial charge in [-0.3, -0.25) is 9.59 Å². The number of carbonyl (C=O) groups excluding carboxylic acids is 2. The van der Waals surface area contributed by atoms with Crippen LogP contribution in [0, 0.1) is 0 Å². The molecule has 1 aromatic heterocycles. The number of anilines is 1. The van der Waals surface area contributed by atoms with E-state index in [1.807, 2.05) is 0 Å². The summed E-state index contributed by atoms with van der Waals surface area (Å²) in [6.07, 6.45) is 2.74. The lowest BCUT2D eigenvalue weighted by Gasteiger charge is -2.10. The Hall–Kier alpha value is -3.29. The normalized spacial score (nSPS) is 10.3. The van der Waals surface area contributed by atoms with Crippen molar-refractivity contribution in [2.24, 2.45) is 5.10 Å². The van der Waals surface area contributed by atoms with Crippen molar-refractivity contribution in [3.63, 3.8) is 0 Å². The summed E-state index contributed by atoms with van der Waals surface area (Å²) in [5.74, 6) is -0.435. The van der Waals surface area contributed by atoms with Crippen molar-refractivity contribution in [1.82, 2.24) is 5.43 Å². The number of hydrogen-bond donors (Lipinski definition) is 2. The van der Waals surface area contributed by atoms with E-state index in [9.17, 15) is 9.59 Å². The molecule has 120 valence electrons. The molecule has 0 radical (unpaired) electrons. The van der Waals surface area contributed by atoms with Gasteiger partial charge in [0, 0.05) is 6.07 Å². The Balaban J connectivity index is 1.97. The fraction of sp³-hybridized carbons (Fsp3) is 0.133. The van der Waals surface area contributed by atoms with Crippen LogP contribution in [0.1, 0.15) is 5.76 Å². The number of methoxy groups -OCH3 is 2. The lowest BCUT2D eigenvalue weighted by molar-refractivity contribution is -0.136. The van der Waals surface area contributed by atoms with Crippen LogP contribution in [0.2, 0.25) is 0 Å². The summed E-state index contributed by atoms with van der Waals surface area (Å²) in [6.45, 7) is 0. The minimum absolute atomic E-state index is 0.337. The van der Waals surface area contributed by atoms with Crippen LogP contribution in [0.4, 0.5) is 5.69 Å². The van der Waals surface area contributed by atoms with Gasteiger partial charge in [-0.2, -0.15) is 5.10 Å². The number of amides is 2. The number of carbonyl (C=O) groups is 2. The lowest BCUT2D eigenvalue weighted by Crippen LogP contribution is -2.32. The van der Waals surface area contributed by atoms with Gasteiger partial charge in [0.2, 0.25) is 0 Å². The molecule has 0 saturated carbocycles. The first kappa shape index (κ1) is 16.1. The Morgan fingerprint density at radius 3 is 2.65 bits per heavy atom. The van der Waals surface area contributed by atoms with Crippen LogP contribution in [-0.4, -0.2) is 32.2 Å². The van der Waals surface area contributed by atoms with Crippen molar-refractivity contribution in [3.8, 4) is 11.5 Å². The highest BCUT2D eigenvalue weighted by Crippen LogP contribution is 2.28. The van der Waals surface area contributed by atoms with Crippen LogP contribution >= 0.6 is 0 Å². The lowest BCUT2D eigenvalue weighted by atomic mass is 10.2. The van der Waals surface area contributed by atoms with Crippen LogP contribution in [0.5, 0.6) is 11.5 Å². The van der Waals surface area contributed by atoms with Gasteiger partial charge in [0.1, 0.15) is 17.3 Å². The first-order chi connectivity index (χ1) is 11.1. The van der Waals surface area contributed by atoms with Crippen molar-refractivity contribution in [1.29, 1.82) is 0 Å². The molecule has 0 aliphatic rings. The van der Waals surface area contributed by atoms with Gasteiger partial charge in [0.15, 0.2) is 0 Å². The number of hydrazone groups is 1. The van der Waals surface area contributed by atoms with E-state index < -0.39 is 11.8 Å². The average molecular weight is 317 g/mol. The summed E-state index contributed by atoms with van der Waals surface area (Å²) in [4.78, 5) is 23.5. The van der Waals surface area contributed by atoms with Crippen molar-refractivity contribution in [3.05, 3.63) is 42.4 Å². The second kappa shape index (κ2) is 7.64. The number of ether oxygens (including phenoxy) is 2. The zero-order chi connectivity index (χ0) is 16.7. The number of rotatable bonds is 5. The van der Waals surface area contributed by atoms with E-state index in [2.05, 4.69) is 15.8 Å². The molecule has 0 fully saturated rings. The fourth-order valence-electron chi connectivity index (χ4n) is 1.65. The minimum Gasteiger partial charge on any atom is -0.497 e. The highest BCUT2D eigenvalue weighted by atomic mass is 16.5. The molecule has 2 N–H and O–H groups in total.